The summed E-state index contributed by atoms with van der Waals surface area (Å²) in [6, 6.07) is 4.07. The minimum absolute atomic E-state index is 0.0544. The zero-order chi connectivity index (χ0) is 11.8. The molecule has 0 aromatic carbocycles. The first-order valence-electron chi connectivity index (χ1n) is 5.65. The van der Waals surface area contributed by atoms with Crippen LogP contribution in [0.5, 0.6) is 0 Å². The van der Waals surface area contributed by atoms with Crippen LogP contribution >= 0.6 is 11.6 Å². The van der Waals surface area contributed by atoms with Crippen LogP contribution in [-0.4, -0.2) is 48.1 Å². The van der Waals surface area contributed by atoms with Crippen LogP contribution in [0, 0.1) is 0 Å². The highest BCUT2D eigenvalue weighted by Gasteiger charge is 2.35. The lowest BCUT2D eigenvalue weighted by Crippen LogP contribution is -2.52. The third-order valence-electron chi connectivity index (χ3n) is 3.27. The predicted molar refractivity (Wildman–Crippen MR) is 65.4 cm³/mol. The number of halogens is 1. The zero-order valence-corrected chi connectivity index (χ0v) is 10.0. The van der Waals surface area contributed by atoms with Gasteiger partial charge in [-0.05, 0) is 12.1 Å². The average Bonchev–Trinajstić information content (AvgIpc) is 2.72. The Bertz CT molecular complexity index is 436. The monoisotopic (exact) mass is 252 g/mol. The van der Waals surface area contributed by atoms with Gasteiger partial charge >= 0.3 is 6.03 Å². The van der Waals surface area contributed by atoms with Crippen molar-refractivity contribution in [1.29, 1.82) is 0 Å². The van der Waals surface area contributed by atoms with Crippen LogP contribution in [0.1, 0.15) is 0 Å². The molecule has 2 amide bonds. The first kappa shape index (κ1) is 10.7. The molecule has 0 saturated carbocycles. The minimum atomic E-state index is 0.0544. The van der Waals surface area contributed by atoms with Crippen molar-refractivity contribution in [3.05, 3.63) is 23.4 Å². The van der Waals surface area contributed by atoms with Gasteiger partial charge in [-0.25, -0.2) is 9.78 Å². The Balaban J connectivity index is 1.75. The van der Waals surface area contributed by atoms with Crippen LogP contribution in [0.2, 0.25) is 5.02 Å². The van der Waals surface area contributed by atoms with Crippen molar-refractivity contribution in [3.8, 4) is 0 Å². The molecule has 3 heterocycles. The third-order valence-corrected chi connectivity index (χ3v) is 3.49. The van der Waals surface area contributed by atoms with Crippen molar-refractivity contribution in [3.63, 3.8) is 0 Å². The summed E-state index contributed by atoms with van der Waals surface area (Å²) >= 11 is 5.81. The molecule has 0 aliphatic carbocycles. The Labute approximate surface area is 104 Å². The Morgan fingerprint density at radius 2 is 2.29 bits per heavy atom. The van der Waals surface area contributed by atoms with Gasteiger partial charge in [0.25, 0.3) is 0 Å². The van der Waals surface area contributed by atoms with Crippen LogP contribution in [0.25, 0.3) is 0 Å². The van der Waals surface area contributed by atoms with E-state index in [1.54, 1.807) is 6.20 Å². The molecular formula is C11H13ClN4O. The molecule has 2 aliphatic rings. The van der Waals surface area contributed by atoms with Crippen molar-refractivity contribution in [2.45, 2.75) is 6.04 Å². The summed E-state index contributed by atoms with van der Waals surface area (Å²) in [5.74, 6) is 0.924. The van der Waals surface area contributed by atoms with E-state index in [-0.39, 0.29) is 12.1 Å². The third kappa shape index (κ3) is 1.91. The van der Waals surface area contributed by atoms with Gasteiger partial charge in [-0.2, -0.15) is 0 Å². The number of pyridine rings is 1. The van der Waals surface area contributed by atoms with Gasteiger partial charge in [0.2, 0.25) is 0 Å². The van der Waals surface area contributed by atoms with Gasteiger partial charge in [0.1, 0.15) is 5.82 Å². The van der Waals surface area contributed by atoms with Crippen LogP contribution in [0.15, 0.2) is 18.3 Å². The first-order chi connectivity index (χ1) is 8.24. The summed E-state index contributed by atoms with van der Waals surface area (Å²) in [6.07, 6.45) is 1.65. The largest absolute Gasteiger partial charge is 0.353 e. The number of amides is 2. The molecule has 6 heteroatoms. The summed E-state index contributed by atoms with van der Waals surface area (Å²) in [7, 11) is 0. The van der Waals surface area contributed by atoms with Crippen molar-refractivity contribution in [2.24, 2.45) is 0 Å². The summed E-state index contributed by atoms with van der Waals surface area (Å²) < 4.78 is 0. The number of hydrogen-bond donors (Lipinski definition) is 1. The molecule has 5 nitrogen and oxygen atoms in total. The number of aromatic nitrogens is 1. The number of urea groups is 1. The fraction of sp³-hybridized carbons (Fsp3) is 0.455. The number of fused-ring (bicyclic) bond motifs is 1. The second kappa shape index (κ2) is 4.07. The number of rotatable bonds is 1. The summed E-state index contributed by atoms with van der Waals surface area (Å²) in [5, 5.41) is 3.51. The molecule has 2 fully saturated rings. The van der Waals surface area contributed by atoms with Gasteiger partial charge in [0, 0.05) is 32.4 Å². The Morgan fingerprint density at radius 1 is 1.41 bits per heavy atom. The van der Waals surface area contributed by atoms with Crippen molar-refractivity contribution < 1.29 is 4.79 Å². The molecule has 1 N–H and O–H groups in total. The van der Waals surface area contributed by atoms with Gasteiger partial charge in [-0.3, -0.25) is 0 Å². The highest BCUT2D eigenvalue weighted by Crippen LogP contribution is 2.20. The number of carbonyl (C=O) groups excluding carboxylic acids is 1. The average molecular weight is 253 g/mol. The van der Waals surface area contributed by atoms with E-state index < -0.39 is 0 Å². The van der Waals surface area contributed by atoms with E-state index in [0.29, 0.717) is 5.02 Å². The maximum Gasteiger partial charge on any atom is 0.317 e. The number of nitrogens with zero attached hydrogens (tertiary/aromatic N) is 3. The molecule has 2 saturated heterocycles. The lowest BCUT2D eigenvalue weighted by molar-refractivity contribution is 0.197. The molecule has 90 valence electrons. The molecule has 0 bridgehead atoms. The molecule has 1 aromatic rings. The molecule has 2 aliphatic heterocycles. The maximum atomic E-state index is 11.5. The second-order valence-electron chi connectivity index (χ2n) is 4.31. The van der Waals surface area contributed by atoms with Crippen LogP contribution in [-0.2, 0) is 0 Å². The second-order valence-corrected chi connectivity index (χ2v) is 4.75. The van der Waals surface area contributed by atoms with Crippen molar-refractivity contribution >= 4 is 23.4 Å². The zero-order valence-electron chi connectivity index (χ0n) is 9.27. The van der Waals surface area contributed by atoms with Gasteiger partial charge in [-0.15, -0.1) is 0 Å². The van der Waals surface area contributed by atoms with Crippen LogP contribution in [0.3, 0.4) is 0 Å². The number of carbonyl (C=O) groups is 1. The normalized spacial score (nSPS) is 23.6. The van der Waals surface area contributed by atoms with Gasteiger partial charge in [-0.1, -0.05) is 11.6 Å². The van der Waals surface area contributed by atoms with Gasteiger partial charge in [0.15, 0.2) is 0 Å². The van der Waals surface area contributed by atoms with E-state index in [4.69, 9.17) is 11.6 Å². The molecule has 1 unspecified atom stereocenters. The quantitative estimate of drug-likeness (QED) is 0.810. The lowest BCUT2D eigenvalue weighted by atomic mass is 10.2. The molecule has 17 heavy (non-hydrogen) atoms. The number of piperazine rings is 1. The van der Waals surface area contributed by atoms with E-state index in [0.717, 1.165) is 32.0 Å². The van der Waals surface area contributed by atoms with Crippen molar-refractivity contribution in [2.75, 3.05) is 31.1 Å². The minimum Gasteiger partial charge on any atom is -0.353 e. The Hall–Kier alpha value is -1.49. The highest BCUT2D eigenvalue weighted by molar-refractivity contribution is 6.30. The molecule has 0 spiro atoms. The fourth-order valence-electron chi connectivity index (χ4n) is 2.37. The SMILES string of the molecule is O=C1NCC2CN(c3ccc(Cl)cn3)CCN12. The summed E-state index contributed by atoms with van der Waals surface area (Å²) in [4.78, 5) is 19.9. The molecular weight excluding hydrogens is 240 g/mol. The molecule has 3 rings (SSSR count). The maximum absolute atomic E-state index is 11.5. The van der Waals surface area contributed by atoms with E-state index in [9.17, 15) is 4.79 Å². The fourth-order valence-corrected chi connectivity index (χ4v) is 2.48. The summed E-state index contributed by atoms with van der Waals surface area (Å²) in [5.41, 5.74) is 0. The number of anilines is 1. The van der Waals surface area contributed by atoms with Crippen LogP contribution < -0.4 is 10.2 Å². The summed E-state index contributed by atoms with van der Waals surface area (Å²) in [6.45, 7) is 3.12. The topological polar surface area (TPSA) is 48.5 Å². The van der Waals surface area contributed by atoms with E-state index in [2.05, 4.69) is 15.2 Å². The first-order valence-corrected chi connectivity index (χ1v) is 6.03. The predicted octanol–water partition coefficient (Wildman–Crippen LogP) is 0.949. The highest BCUT2D eigenvalue weighted by atomic mass is 35.5. The standard InChI is InChI=1S/C11H13ClN4O/c12-8-1-2-10(13-5-8)15-3-4-16-9(7-15)6-14-11(16)17/h1-2,5,9H,3-4,6-7H2,(H,14,17). The van der Waals surface area contributed by atoms with Crippen molar-refractivity contribution in [1.82, 2.24) is 15.2 Å². The molecule has 0 radical (unpaired) electrons. The molecule has 1 atom stereocenters. The number of nitrogens with one attached hydrogen (secondary N) is 1. The van der Waals surface area contributed by atoms with E-state index in [1.165, 1.54) is 0 Å². The van der Waals surface area contributed by atoms with E-state index >= 15 is 0 Å². The number of hydrogen-bond acceptors (Lipinski definition) is 3. The van der Waals surface area contributed by atoms with E-state index in [1.807, 2.05) is 17.0 Å². The molecule has 1 aromatic heterocycles. The Morgan fingerprint density at radius 3 is 3.06 bits per heavy atom. The van der Waals surface area contributed by atoms with Gasteiger partial charge < -0.3 is 15.1 Å². The van der Waals surface area contributed by atoms with Crippen LogP contribution in [0.4, 0.5) is 10.6 Å². The van der Waals surface area contributed by atoms with Gasteiger partial charge in [0.05, 0.1) is 11.1 Å². The smallest absolute Gasteiger partial charge is 0.317 e. The lowest BCUT2D eigenvalue weighted by Gasteiger charge is -2.37. The Kier molecular flexibility index (Phi) is 2.55.